The van der Waals surface area contributed by atoms with Crippen molar-refractivity contribution in [3.63, 3.8) is 0 Å². The summed E-state index contributed by atoms with van der Waals surface area (Å²) < 4.78 is 12.8. The lowest BCUT2D eigenvalue weighted by molar-refractivity contribution is -0.147. The molecule has 8 nitrogen and oxygen atoms in total. The van der Waals surface area contributed by atoms with E-state index in [-0.39, 0.29) is 12.6 Å². The summed E-state index contributed by atoms with van der Waals surface area (Å²) in [6, 6.07) is 11.0. The standard InChI is InChI=1S/C23H23ClN4O4/c1-13(2)31-19-8-6-15(10-17(19)24)21-26-20(27-32-21)14-5-7-18-16(9-14)11-25-28(18)12-23(3,4)22(29)30/h5-11,13H,12H2,1-4H3,(H,29,30). The van der Waals surface area contributed by atoms with Crippen molar-refractivity contribution >= 4 is 28.5 Å². The van der Waals surface area contributed by atoms with Gasteiger partial charge in [0.25, 0.3) is 5.89 Å². The number of carbonyl (C=O) groups is 1. The first-order valence-corrected chi connectivity index (χ1v) is 10.5. The van der Waals surface area contributed by atoms with Crippen LogP contribution in [0.3, 0.4) is 0 Å². The molecule has 0 radical (unpaired) electrons. The van der Waals surface area contributed by atoms with E-state index in [0.29, 0.717) is 28.1 Å². The molecule has 0 fully saturated rings. The van der Waals surface area contributed by atoms with E-state index in [9.17, 15) is 9.90 Å². The minimum atomic E-state index is -0.933. The third-order valence-corrected chi connectivity index (χ3v) is 5.29. The summed E-state index contributed by atoms with van der Waals surface area (Å²) in [5.41, 5.74) is 1.35. The molecule has 0 amide bonds. The van der Waals surface area contributed by atoms with E-state index in [0.717, 1.165) is 16.5 Å². The van der Waals surface area contributed by atoms with Crippen LogP contribution in [0.4, 0.5) is 0 Å². The lowest BCUT2D eigenvalue weighted by Crippen LogP contribution is -2.29. The fourth-order valence-electron chi connectivity index (χ4n) is 3.24. The first-order chi connectivity index (χ1) is 15.1. The van der Waals surface area contributed by atoms with Crippen LogP contribution >= 0.6 is 11.6 Å². The highest BCUT2D eigenvalue weighted by Crippen LogP contribution is 2.32. The normalized spacial score (nSPS) is 11.9. The fourth-order valence-corrected chi connectivity index (χ4v) is 3.46. The number of halogens is 1. The van der Waals surface area contributed by atoms with Crippen molar-refractivity contribution in [1.82, 2.24) is 19.9 Å². The highest BCUT2D eigenvalue weighted by Gasteiger charge is 2.28. The molecule has 32 heavy (non-hydrogen) atoms. The van der Waals surface area contributed by atoms with Gasteiger partial charge in [-0.05, 0) is 64.1 Å². The van der Waals surface area contributed by atoms with Crippen molar-refractivity contribution in [2.75, 3.05) is 0 Å². The second-order valence-corrected chi connectivity index (χ2v) is 8.91. The second-order valence-electron chi connectivity index (χ2n) is 8.50. The molecule has 0 aliphatic carbocycles. The molecule has 0 saturated carbocycles. The number of nitrogens with zero attached hydrogens (tertiary/aromatic N) is 4. The van der Waals surface area contributed by atoms with Crippen molar-refractivity contribution in [2.45, 2.75) is 40.3 Å². The molecule has 0 spiro atoms. The maximum atomic E-state index is 11.4. The van der Waals surface area contributed by atoms with E-state index in [2.05, 4.69) is 15.2 Å². The first-order valence-electron chi connectivity index (χ1n) is 10.1. The van der Waals surface area contributed by atoms with Crippen LogP contribution in [-0.4, -0.2) is 37.1 Å². The Kier molecular flexibility index (Phi) is 5.64. The van der Waals surface area contributed by atoms with Gasteiger partial charge >= 0.3 is 5.97 Å². The number of hydrogen-bond donors (Lipinski definition) is 1. The molecule has 166 valence electrons. The maximum absolute atomic E-state index is 11.4. The van der Waals surface area contributed by atoms with Gasteiger partial charge in [-0.2, -0.15) is 10.1 Å². The van der Waals surface area contributed by atoms with Gasteiger partial charge in [-0.1, -0.05) is 16.8 Å². The van der Waals surface area contributed by atoms with Crippen molar-refractivity contribution in [1.29, 1.82) is 0 Å². The average molecular weight is 455 g/mol. The zero-order valence-corrected chi connectivity index (χ0v) is 18.9. The lowest BCUT2D eigenvalue weighted by Gasteiger charge is -2.19. The highest BCUT2D eigenvalue weighted by atomic mass is 35.5. The van der Waals surface area contributed by atoms with Crippen LogP contribution in [0, 0.1) is 5.41 Å². The summed E-state index contributed by atoms with van der Waals surface area (Å²) in [5.74, 6) is 0.496. The maximum Gasteiger partial charge on any atom is 0.310 e. The summed E-state index contributed by atoms with van der Waals surface area (Å²) in [5, 5.41) is 19.2. The average Bonchev–Trinajstić information content (AvgIpc) is 3.36. The molecular formula is C23H23ClN4O4. The van der Waals surface area contributed by atoms with E-state index in [4.69, 9.17) is 20.9 Å². The summed E-state index contributed by atoms with van der Waals surface area (Å²) in [6.45, 7) is 7.47. The van der Waals surface area contributed by atoms with E-state index in [1.807, 2.05) is 38.1 Å². The van der Waals surface area contributed by atoms with Gasteiger partial charge in [0, 0.05) is 16.5 Å². The molecule has 0 bridgehead atoms. The summed E-state index contributed by atoms with van der Waals surface area (Å²) in [4.78, 5) is 15.9. The van der Waals surface area contributed by atoms with Gasteiger partial charge in [-0.3, -0.25) is 9.48 Å². The number of hydrogen-bond acceptors (Lipinski definition) is 6. The Hall–Kier alpha value is -3.39. The van der Waals surface area contributed by atoms with Crippen LogP contribution in [0.2, 0.25) is 5.02 Å². The number of ether oxygens (including phenoxy) is 1. The molecule has 2 heterocycles. The van der Waals surface area contributed by atoms with Crippen LogP contribution in [0.5, 0.6) is 5.75 Å². The number of rotatable bonds is 7. The van der Waals surface area contributed by atoms with E-state index < -0.39 is 11.4 Å². The number of carboxylic acid groups (broad SMARTS) is 1. The van der Waals surface area contributed by atoms with Crippen LogP contribution in [0.1, 0.15) is 27.7 Å². The molecule has 0 aliphatic heterocycles. The summed E-state index contributed by atoms with van der Waals surface area (Å²) in [6.07, 6.45) is 1.72. The Morgan fingerprint density at radius 2 is 1.97 bits per heavy atom. The zero-order valence-electron chi connectivity index (χ0n) is 18.2. The predicted octanol–water partition coefficient (Wildman–Crippen LogP) is 5.30. The quantitative estimate of drug-likeness (QED) is 0.403. The zero-order chi connectivity index (χ0) is 23.0. The van der Waals surface area contributed by atoms with Crippen LogP contribution in [0.15, 0.2) is 47.1 Å². The van der Waals surface area contributed by atoms with Crippen molar-refractivity contribution < 1.29 is 19.2 Å². The first kappa shape index (κ1) is 21.8. The van der Waals surface area contributed by atoms with Crippen LogP contribution < -0.4 is 4.74 Å². The monoisotopic (exact) mass is 454 g/mol. The molecule has 2 aromatic carbocycles. The molecule has 9 heteroatoms. The van der Waals surface area contributed by atoms with Gasteiger partial charge in [-0.25, -0.2) is 0 Å². The fraction of sp³-hybridized carbons (Fsp3) is 0.304. The topological polar surface area (TPSA) is 103 Å². The minimum absolute atomic E-state index is 0.0165. The van der Waals surface area contributed by atoms with E-state index >= 15 is 0 Å². The molecule has 0 aliphatic rings. The van der Waals surface area contributed by atoms with Crippen molar-refractivity contribution in [2.24, 2.45) is 5.41 Å². The third kappa shape index (κ3) is 4.31. The number of aliphatic carboxylic acids is 1. The van der Waals surface area contributed by atoms with Crippen molar-refractivity contribution in [3.8, 4) is 28.6 Å². The summed E-state index contributed by atoms with van der Waals surface area (Å²) >= 11 is 6.32. The Morgan fingerprint density at radius 3 is 2.66 bits per heavy atom. The highest BCUT2D eigenvalue weighted by molar-refractivity contribution is 6.32. The van der Waals surface area contributed by atoms with Gasteiger partial charge in [0.05, 0.1) is 34.8 Å². The van der Waals surface area contributed by atoms with Gasteiger partial charge in [0.2, 0.25) is 5.82 Å². The van der Waals surface area contributed by atoms with Crippen LogP contribution in [0.25, 0.3) is 33.7 Å². The number of aromatic nitrogens is 4. The molecule has 0 saturated heterocycles. The van der Waals surface area contributed by atoms with Crippen LogP contribution in [-0.2, 0) is 11.3 Å². The molecular weight excluding hydrogens is 432 g/mol. The molecule has 2 aromatic heterocycles. The third-order valence-electron chi connectivity index (χ3n) is 4.99. The molecule has 4 rings (SSSR count). The van der Waals surface area contributed by atoms with E-state index in [1.165, 1.54) is 0 Å². The van der Waals surface area contributed by atoms with Gasteiger partial charge in [0.1, 0.15) is 5.75 Å². The minimum Gasteiger partial charge on any atom is -0.489 e. The Balaban J connectivity index is 1.60. The van der Waals surface area contributed by atoms with Gasteiger partial charge in [0.15, 0.2) is 0 Å². The number of benzene rings is 2. The van der Waals surface area contributed by atoms with Gasteiger partial charge < -0.3 is 14.4 Å². The van der Waals surface area contributed by atoms with Crippen molar-refractivity contribution in [3.05, 3.63) is 47.6 Å². The number of fused-ring (bicyclic) bond motifs is 1. The largest absolute Gasteiger partial charge is 0.489 e. The predicted molar refractivity (Wildman–Crippen MR) is 121 cm³/mol. The van der Waals surface area contributed by atoms with E-state index in [1.54, 1.807) is 36.9 Å². The Labute approximate surface area is 189 Å². The smallest absolute Gasteiger partial charge is 0.310 e. The lowest BCUT2D eigenvalue weighted by atomic mass is 9.94. The molecule has 0 unspecified atom stereocenters. The SMILES string of the molecule is CC(C)Oc1ccc(-c2nc(-c3ccc4c(cnn4CC(C)(C)C(=O)O)c3)no2)cc1Cl. The Morgan fingerprint density at radius 1 is 1.22 bits per heavy atom. The van der Waals surface area contributed by atoms with Gasteiger partial charge in [-0.15, -0.1) is 0 Å². The molecule has 4 aromatic rings. The second kappa shape index (κ2) is 8.27. The summed E-state index contributed by atoms with van der Waals surface area (Å²) in [7, 11) is 0. The molecule has 0 atom stereocenters. The molecule has 1 N–H and O–H groups in total. The Bertz CT molecular complexity index is 1290. The number of carboxylic acids is 1.